The van der Waals surface area contributed by atoms with Crippen LogP contribution in [0.4, 0.5) is 0 Å². The molecule has 1 atom stereocenters. The second-order valence-corrected chi connectivity index (χ2v) is 6.83. The largest absolute Gasteiger partial charge is 0.493 e. The fraction of sp³-hybridized carbons (Fsp3) is 0.381. The number of Topliss-reactive ketones (excluding diaryl/α,β-unsaturated/α-hetero) is 1. The number of para-hydroxylation sites is 1. The number of methoxy groups -OCH3 is 2. The fourth-order valence-electron chi connectivity index (χ4n) is 3.83. The van der Waals surface area contributed by atoms with Crippen LogP contribution in [-0.4, -0.2) is 44.6 Å². The van der Waals surface area contributed by atoms with Crippen LogP contribution in [0.5, 0.6) is 17.2 Å². The lowest BCUT2D eigenvalue weighted by Gasteiger charge is -2.33. The molecule has 0 amide bonds. The summed E-state index contributed by atoms with van der Waals surface area (Å²) in [6, 6.07) is 11.6. The van der Waals surface area contributed by atoms with Gasteiger partial charge in [0, 0.05) is 19.6 Å². The number of carbonyl (C=O) groups is 1. The predicted octanol–water partition coefficient (Wildman–Crippen LogP) is 2.95. The highest BCUT2D eigenvalue weighted by molar-refractivity contribution is 6.01. The average molecular weight is 353 g/mol. The molecule has 2 aromatic carbocycles. The van der Waals surface area contributed by atoms with Gasteiger partial charge in [-0.15, -0.1) is 0 Å². The van der Waals surface area contributed by atoms with Crippen molar-refractivity contribution in [3.8, 4) is 17.2 Å². The Morgan fingerprint density at radius 2 is 1.85 bits per heavy atom. The van der Waals surface area contributed by atoms with Gasteiger partial charge in [0.25, 0.3) is 0 Å². The van der Waals surface area contributed by atoms with Crippen LogP contribution in [0.25, 0.3) is 0 Å². The lowest BCUT2D eigenvalue weighted by molar-refractivity contribution is 0.0757. The van der Waals surface area contributed by atoms with Crippen LogP contribution in [-0.2, 0) is 13.0 Å². The molecule has 0 saturated carbocycles. The van der Waals surface area contributed by atoms with Crippen LogP contribution in [0, 0.1) is 5.92 Å². The molecule has 0 saturated heterocycles. The van der Waals surface area contributed by atoms with Gasteiger partial charge in [-0.3, -0.25) is 9.69 Å². The van der Waals surface area contributed by atoms with Crippen molar-refractivity contribution in [1.29, 1.82) is 0 Å². The SMILES string of the molecule is COc1cc2c(cc1OC)CN(CC1COc3ccccc3C1=O)CC2. The van der Waals surface area contributed by atoms with E-state index in [0.29, 0.717) is 24.5 Å². The number of carbonyl (C=O) groups excluding carboxylic acids is 1. The van der Waals surface area contributed by atoms with Gasteiger partial charge in [-0.25, -0.2) is 0 Å². The van der Waals surface area contributed by atoms with Crippen LogP contribution < -0.4 is 14.2 Å². The first kappa shape index (κ1) is 16.9. The smallest absolute Gasteiger partial charge is 0.174 e. The molecule has 0 aliphatic carbocycles. The van der Waals surface area contributed by atoms with Gasteiger partial charge < -0.3 is 14.2 Å². The molecule has 5 heteroatoms. The summed E-state index contributed by atoms with van der Waals surface area (Å²) in [5.74, 6) is 2.29. The second-order valence-electron chi connectivity index (χ2n) is 6.83. The molecule has 0 bridgehead atoms. The Hall–Kier alpha value is -2.53. The minimum Gasteiger partial charge on any atom is -0.493 e. The first-order valence-corrected chi connectivity index (χ1v) is 8.91. The van der Waals surface area contributed by atoms with Gasteiger partial charge in [-0.1, -0.05) is 12.1 Å². The van der Waals surface area contributed by atoms with E-state index in [2.05, 4.69) is 17.0 Å². The zero-order chi connectivity index (χ0) is 18.1. The minimum atomic E-state index is -0.119. The molecule has 4 rings (SSSR count). The molecular weight excluding hydrogens is 330 g/mol. The number of rotatable bonds is 4. The molecule has 136 valence electrons. The third-order valence-electron chi connectivity index (χ3n) is 5.24. The second kappa shape index (κ2) is 7.00. The van der Waals surface area contributed by atoms with E-state index in [1.165, 1.54) is 11.1 Å². The number of hydrogen-bond donors (Lipinski definition) is 0. The fourth-order valence-corrected chi connectivity index (χ4v) is 3.83. The van der Waals surface area contributed by atoms with Gasteiger partial charge in [-0.2, -0.15) is 0 Å². The highest BCUT2D eigenvalue weighted by Crippen LogP contribution is 2.34. The molecule has 0 N–H and O–H groups in total. The van der Waals surface area contributed by atoms with E-state index in [9.17, 15) is 4.79 Å². The number of ether oxygens (including phenoxy) is 3. The number of hydrogen-bond acceptors (Lipinski definition) is 5. The zero-order valence-electron chi connectivity index (χ0n) is 15.2. The molecule has 0 radical (unpaired) electrons. The van der Waals surface area contributed by atoms with Crippen LogP contribution in [0.1, 0.15) is 21.5 Å². The molecular formula is C21H23NO4. The summed E-state index contributed by atoms with van der Waals surface area (Å²) in [6.45, 7) is 2.89. The van der Waals surface area contributed by atoms with Crippen molar-refractivity contribution in [3.05, 3.63) is 53.1 Å². The molecule has 0 spiro atoms. The maximum absolute atomic E-state index is 12.8. The third kappa shape index (κ3) is 3.03. The summed E-state index contributed by atoms with van der Waals surface area (Å²) < 4.78 is 16.6. The summed E-state index contributed by atoms with van der Waals surface area (Å²) in [7, 11) is 3.31. The summed E-state index contributed by atoms with van der Waals surface area (Å²) in [6.07, 6.45) is 0.939. The summed E-state index contributed by atoms with van der Waals surface area (Å²) in [4.78, 5) is 15.1. The third-order valence-corrected chi connectivity index (χ3v) is 5.24. The summed E-state index contributed by atoms with van der Waals surface area (Å²) >= 11 is 0. The van der Waals surface area contributed by atoms with Gasteiger partial charge in [0.15, 0.2) is 17.3 Å². The number of fused-ring (bicyclic) bond motifs is 2. The maximum atomic E-state index is 12.8. The molecule has 2 heterocycles. The van der Waals surface area contributed by atoms with Crippen molar-refractivity contribution in [2.45, 2.75) is 13.0 Å². The highest BCUT2D eigenvalue weighted by atomic mass is 16.5. The summed E-state index contributed by atoms with van der Waals surface area (Å²) in [5.41, 5.74) is 3.22. The molecule has 26 heavy (non-hydrogen) atoms. The van der Waals surface area contributed by atoms with E-state index in [1.807, 2.05) is 24.3 Å². The van der Waals surface area contributed by atoms with E-state index in [0.717, 1.165) is 31.0 Å². The first-order chi connectivity index (χ1) is 12.7. The van der Waals surface area contributed by atoms with Crippen LogP contribution in [0.3, 0.4) is 0 Å². The molecule has 5 nitrogen and oxygen atoms in total. The van der Waals surface area contributed by atoms with Crippen molar-refractivity contribution in [2.24, 2.45) is 5.92 Å². The van der Waals surface area contributed by atoms with E-state index in [-0.39, 0.29) is 11.7 Å². The predicted molar refractivity (Wildman–Crippen MR) is 98.3 cm³/mol. The van der Waals surface area contributed by atoms with Gasteiger partial charge in [0.05, 0.1) is 32.3 Å². The average Bonchev–Trinajstić information content (AvgIpc) is 2.69. The van der Waals surface area contributed by atoms with Crippen molar-refractivity contribution in [1.82, 2.24) is 4.90 Å². The molecule has 0 fully saturated rings. The Morgan fingerprint density at radius 1 is 1.12 bits per heavy atom. The Bertz CT molecular complexity index is 833. The van der Waals surface area contributed by atoms with Gasteiger partial charge in [0.1, 0.15) is 5.75 Å². The van der Waals surface area contributed by atoms with Gasteiger partial charge in [0.2, 0.25) is 0 Å². The van der Waals surface area contributed by atoms with Crippen LogP contribution in [0.2, 0.25) is 0 Å². The Kier molecular flexibility index (Phi) is 4.55. The zero-order valence-corrected chi connectivity index (χ0v) is 15.2. The van der Waals surface area contributed by atoms with Crippen LogP contribution >= 0.6 is 0 Å². The minimum absolute atomic E-state index is 0.119. The lowest BCUT2D eigenvalue weighted by atomic mass is 9.93. The number of nitrogens with zero attached hydrogens (tertiary/aromatic N) is 1. The Morgan fingerprint density at radius 3 is 2.62 bits per heavy atom. The monoisotopic (exact) mass is 353 g/mol. The van der Waals surface area contributed by atoms with E-state index >= 15 is 0 Å². The molecule has 2 aliphatic heterocycles. The van der Waals surface area contributed by atoms with Gasteiger partial charge in [-0.05, 0) is 41.8 Å². The molecule has 2 aromatic rings. The highest BCUT2D eigenvalue weighted by Gasteiger charge is 2.31. The Labute approximate surface area is 153 Å². The lowest BCUT2D eigenvalue weighted by Crippen LogP contribution is -2.41. The normalized spacial score (nSPS) is 19.3. The van der Waals surface area contributed by atoms with Gasteiger partial charge >= 0.3 is 0 Å². The van der Waals surface area contributed by atoms with E-state index in [1.54, 1.807) is 14.2 Å². The standard InChI is InChI=1S/C21H23NO4/c1-24-19-9-14-7-8-22(11-15(14)10-20(19)25-2)12-16-13-26-18-6-4-3-5-17(18)21(16)23/h3-6,9-10,16H,7-8,11-13H2,1-2H3. The van der Waals surface area contributed by atoms with Crippen molar-refractivity contribution in [2.75, 3.05) is 33.9 Å². The van der Waals surface area contributed by atoms with Crippen molar-refractivity contribution < 1.29 is 19.0 Å². The maximum Gasteiger partial charge on any atom is 0.174 e. The number of ketones is 1. The topological polar surface area (TPSA) is 48.0 Å². The van der Waals surface area contributed by atoms with E-state index in [4.69, 9.17) is 14.2 Å². The number of benzene rings is 2. The molecule has 1 unspecified atom stereocenters. The summed E-state index contributed by atoms with van der Waals surface area (Å²) in [5, 5.41) is 0. The molecule has 0 aromatic heterocycles. The Balaban J connectivity index is 1.49. The quantitative estimate of drug-likeness (QED) is 0.846. The van der Waals surface area contributed by atoms with Crippen molar-refractivity contribution in [3.63, 3.8) is 0 Å². The molecule has 2 aliphatic rings. The first-order valence-electron chi connectivity index (χ1n) is 8.91. The van der Waals surface area contributed by atoms with Crippen LogP contribution in [0.15, 0.2) is 36.4 Å². The van der Waals surface area contributed by atoms with Crippen molar-refractivity contribution >= 4 is 5.78 Å². The van der Waals surface area contributed by atoms with E-state index < -0.39 is 0 Å².